The van der Waals surface area contributed by atoms with E-state index in [1.807, 2.05) is 0 Å². The molecular weight excluding hydrogens is 248 g/mol. The number of hydrogen-bond donors (Lipinski definition) is 1. The first-order chi connectivity index (χ1) is 8.45. The van der Waals surface area contributed by atoms with Crippen LogP contribution in [0.5, 0.6) is 0 Å². The lowest BCUT2D eigenvalue weighted by Crippen LogP contribution is -2.78. The highest BCUT2D eigenvalue weighted by Crippen LogP contribution is 2.58. The van der Waals surface area contributed by atoms with Crippen LogP contribution < -0.4 is 5.73 Å². The minimum Gasteiger partial charge on any atom is -0.377 e. The Kier molecular flexibility index (Phi) is 3.09. The quantitative estimate of drug-likeness (QED) is 0.780. The molecular formula is C13H24N2O2S. The molecule has 0 aromatic heterocycles. The third kappa shape index (κ3) is 1.71. The summed E-state index contributed by atoms with van der Waals surface area (Å²) in [4.78, 5) is 2.40. The van der Waals surface area contributed by atoms with Crippen molar-refractivity contribution in [2.24, 2.45) is 17.1 Å². The second kappa shape index (κ2) is 4.27. The number of hydrogen-bond acceptors (Lipinski definition) is 4. The molecule has 2 N–H and O–H groups in total. The highest BCUT2D eigenvalue weighted by molar-refractivity contribution is 7.85. The molecule has 1 saturated carbocycles. The molecule has 0 spiro atoms. The Bertz CT molecular complexity index is 364. The van der Waals surface area contributed by atoms with Crippen molar-refractivity contribution >= 4 is 10.8 Å². The fourth-order valence-corrected chi connectivity index (χ4v) is 5.13. The molecule has 4 nitrogen and oxygen atoms in total. The van der Waals surface area contributed by atoms with Gasteiger partial charge >= 0.3 is 0 Å². The maximum Gasteiger partial charge on any atom is 0.0691 e. The third-order valence-corrected chi connectivity index (χ3v) is 6.70. The number of ether oxygens (including phenoxy) is 1. The Hall–Kier alpha value is 0.0300. The molecule has 3 atom stereocenters. The van der Waals surface area contributed by atoms with E-state index < -0.39 is 10.8 Å². The molecule has 3 fully saturated rings. The summed E-state index contributed by atoms with van der Waals surface area (Å²) in [7, 11) is -0.605. The minimum absolute atomic E-state index is 0.0603. The largest absolute Gasteiger partial charge is 0.377 e. The lowest BCUT2D eigenvalue weighted by atomic mass is 9.48. The molecule has 18 heavy (non-hydrogen) atoms. The van der Waals surface area contributed by atoms with Crippen molar-refractivity contribution in [2.75, 3.05) is 37.7 Å². The van der Waals surface area contributed by atoms with Gasteiger partial charge in [-0.3, -0.25) is 9.11 Å². The Morgan fingerprint density at radius 3 is 2.72 bits per heavy atom. The zero-order valence-electron chi connectivity index (χ0n) is 11.4. The summed E-state index contributed by atoms with van der Waals surface area (Å²) in [6, 6.07) is 0. The SMILES string of the molecule is CC1(C)C2OCCC2C1(N)CN1CCS(=O)CC1. The average Bonchev–Trinajstić information content (AvgIpc) is 2.80. The van der Waals surface area contributed by atoms with E-state index in [0.717, 1.165) is 44.2 Å². The van der Waals surface area contributed by atoms with Gasteiger partial charge in [-0.15, -0.1) is 0 Å². The fourth-order valence-electron chi connectivity index (χ4n) is 4.00. The molecule has 3 aliphatic rings. The molecule has 0 aromatic rings. The van der Waals surface area contributed by atoms with Crippen LogP contribution in [0.2, 0.25) is 0 Å². The van der Waals surface area contributed by atoms with Crippen LogP contribution >= 0.6 is 0 Å². The molecule has 0 bridgehead atoms. The lowest BCUT2D eigenvalue weighted by molar-refractivity contribution is -0.162. The van der Waals surface area contributed by atoms with Gasteiger partial charge in [-0.05, 0) is 6.42 Å². The van der Waals surface area contributed by atoms with E-state index in [0.29, 0.717) is 12.0 Å². The molecule has 104 valence electrons. The van der Waals surface area contributed by atoms with Crippen molar-refractivity contribution in [1.82, 2.24) is 4.90 Å². The van der Waals surface area contributed by atoms with Crippen LogP contribution in [0.3, 0.4) is 0 Å². The number of rotatable bonds is 2. The smallest absolute Gasteiger partial charge is 0.0691 e. The number of fused-ring (bicyclic) bond motifs is 1. The van der Waals surface area contributed by atoms with Crippen LogP contribution in [-0.2, 0) is 15.5 Å². The summed E-state index contributed by atoms with van der Waals surface area (Å²) in [5.41, 5.74) is 6.66. The molecule has 5 heteroatoms. The standard InChI is InChI=1S/C13H24N2O2S/c1-12(2)11-10(3-6-17-11)13(12,14)9-15-4-7-18(16)8-5-15/h10-11H,3-9,14H2,1-2H3. The van der Waals surface area contributed by atoms with Gasteiger partial charge in [0.05, 0.1) is 6.10 Å². The van der Waals surface area contributed by atoms with E-state index in [1.54, 1.807) is 0 Å². The van der Waals surface area contributed by atoms with Gasteiger partial charge in [0, 0.05) is 65.4 Å². The van der Waals surface area contributed by atoms with Crippen LogP contribution in [-0.4, -0.2) is 58.5 Å². The Morgan fingerprint density at radius 2 is 2.06 bits per heavy atom. The zero-order chi connectivity index (χ0) is 13.0. The molecule has 3 unspecified atom stereocenters. The molecule has 1 aliphatic carbocycles. The second-order valence-corrected chi connectivity index (χ2v) is 8.27. The van der Waals surface area contributed by atoms with Crippen LogP contribution in [0.25, 0.3) is 0 Å². The first kappa shape index (κ1) is 13.0. The zero-order valence-corrected chi connectivity index (χ0v) is 12.2. The van der Waals surface area contributed by atoms with Gasteiger partial charge in [0.2, 0.25) is 0 Å². The Balaban J connectivity index is 1.69. The molecule has 0 radical (unpaired) electrons. The van der Waals surface area contributed by atoms with Gasteiger partial charge < -0.3 is 10.5 Å². The van der Waals surface area contributed by atoms with E-state index in [4.69, 9.17) is 10.5 Å². The topological polar surface area (TPSA) is 55.6 Å². The van der Waals surface area contributed by atoms with Crippen molar-refractivity contribution in [3.05, 3.63) is 0 Å². The maximum absolute atomic E-state index is 11.4. The van der Waals surface area contributed by atoms with Gasteiger partial charge in [-0.25, -0.2) is 0 Å². The summed E-state index contributed by atoms with van der Waals surface area (Å²) in [5.74, 6) is 2.13. The van der Waals surface area contributed by atoms with Crippen molar-refractivity contribution in [2.45, 2.75) is 31.9 Å². The Labute approximate surface area is 112 Å². The van der Waals surface area contributed by atoms with Gasteiger partial charge in [-0.2, -0.15) is 0 Å². The van der Waals surface area contributed by atoms with Crippen molar-refractivity contribution in [1.29, 1.82) is 0 Å². The normalized spacial score (nSPS) is 44.6. The van der Waals surface area contributed by atoms with E-state index >= 15 is 0 Å². The van der Waals surface area contributed by atoms with Crippen LogP contribution in [0, 0.1) is 11.3 Å². The maximum atomic E-state index is 11.4. The first-order valence-electron chi connectivity index (χ1n) is 6.93. The first-order valence-corrected chi connectivity index (χ1v) is 8.42. The minimum atomic E-state index is -0.605. The van der Waals surface area contributed by atoms with Gasteiger partial charge in [0.1, 0.15) is 0 Å². The highest BCUT2D eigenvalue weighted by atomic mass is 32.2. The summed E-state index contributed by atoms with van der Waals surface area (Å²) in [6.07, 6.45) is 1.45. The van der Waals surface area contributed by atoms with E-state index in [1.165, 1.54) is 0 Å². The van der Waals surface area contributed by atoms with Crippen molar-refractivity contribution in [3.8, 4) is 0 Å². The molecule has 0 aromatic carbocycles. The predicted molar refractivity (Wildman–Crippen MR) is 72.9 cm³/mol. The third-order valence-electron chi connectivity index (χ3n) is 5.42. The lowest BCUT2D eigenvalue weighted by Gasteiger charge is -2.63. The highest BCUT2D eigenvalue weighted by Gasteiger charge is 2.67. The summed E-state index contributed by atoms with van der Waals surface area (Å²) in [5, 5.41) is 0. The molecule has 2 heterocycles. The summed E-state index contributed by atoms with van der Waals surface area (Å²) >= 11 is 0. The van der Waals surface area contributed by atoms with Gasteiger partial charge in [0.25, 0.3) is 0 Å². The molecule has 3 rings (SSSR count). The summed E-state index contributed by atoms with van der Waals surface area (Å²) in [6.45, 7) is 8.13. The van der Waals surface area contributed by atoms with Gasteiger partial charge in [0.15, 0.2) is 0 Å². The van der Waals surface area contributed by atoms with E-state index in [9.17, 15) is 4.21 Å². The molecule has 2 aliphatic heterocycles. The van der Waals surface area contributed by atoms with Crippen LogP contribution in [0.15, 0.2) is 0 Å². The van der Waals surface area contributed by atoms with Crippen LogP contribution in [0.4, 0.5) is 0 Å². The number of nitrogens with two attached hydrogens (primary N) is 1. The van der Waals surface area contributed by atoms with Crippen molar-refractivity contribution in [3.63, 3.8) is 0 Å². The van der Waals surface area contributed by atoms with Crippen LogP contribution in [0.1, 0.15) is 20.3 Å². The number of nitrogens with zero attached hydrogens (tertiary/aromatic N) is 1. The molecule has 2 saturated heterocycles. The fraction of sp³-hybridized carbons (Fsp3) is 1.00. The molecule has 0 amide bonds. The van der Waals surface area contributed by atoms with Crippen molar-refractivity contribution < 1.29 is 8.95 Å². The van der Waals surface area contributed by atoms with E-state index in [2.05, 4.69) is 18.7 Å². The van der Waals surface area contributed by atoms with E-state index in [-0.39, 0.29) is 11.0 Å². The summed E-state index contributed by atoms with van der Waals surface area (Å²) < 4.78 is 17.2. The monoisotopic (exact) mass is 272 g/mol. The predicted octanol–water partition coefficient (Wildman–Crippen LogP) is 0.193. The van der Waals surface area contributed by atoms with Gasteiger partial charge in [-0.1, -0.05) is 13.8 Å². The second-order valence-electron chi connectivity index (χ2n) is 6.57. The Morgan fingerprint density at radius 1 is 1.39 bits per heavy atom. The average molecular weight is 272 g/mol.